The average molecular weight is 240 g/mol. The Morgan fingerprint density at radius 1 is 1.19 bits per heavy atom. The standard InChI is InChI=1S/C14H28OSi/c1-7-8-9-12(13(2,3)4)14(5,6)10-11-15-16/h12H,7-9H2,1-6,16H3. The fourth-order valence-corrected chi connectivity index (χ4v) is 2.66. The second-order valence-electron chi connectivity index (χ2n) is 6.21. The second kappa shape index (κ2) is 6.35. The minimum atomic E-state index is 0.0395. The van der Waals surface area contributed by atoms with Gasteiger partial charge in [0.2, 0.25) is 10.5 Å². The number of hydrogen-bond acceptors (Lipinski definition) is 1. The average Bonchev–Trinajstić information content (AvgIpc) is 2.13. The van der Waals surface area contributed by atoms with E-state index in [9.17, 15) is 0 Å². The summed E-state index contributed by atoms with van der Waals surface area (Å²) < 4.78 is 5.02. The molecule has 0 aliphatic heterocycles. The molecule has 0 aromatic heterocycles. The van der Waals surface area contributed by atoms with Crippen LogP contribution in [0, 0.1) is 28.8 Å². The van der Waals surface area contributed by atoms with Gasteiger partial charge in [-0.3, -0.25) is 0 Å². The molecule has 0 saturated carbocycles. The maximum Gasteiger partial charge on any atom is 0.219 e. The molecule has 0 aromatic carbocycles. The van der Waals surface area contributed by atoms with Crippen LogP contribution in [0.15, 0.2) is 0 Å². The highest BCUT2D eigenvalue weighted by molar-refractivity contribution is 5.98. The van der Waals surface area contributed by atoms with Crippen molar-refractivity contribution in [2.45, 2.75) is 60.8 Å². The van der Waals surface area contributed by atoms with E-state index < -0.39 is 0 Å². The van der Waals surface area contributed by atoms with E-state index in [2.05, 4.69) is 53.6 Å². The molecule has 0 N–H and O–H groups in total. The van der Waals surface area contributed by atoms with Crippen molar-refractivity contribution in [3.8, 4) is 12.0 Å². The molecule has 0 spiro atoms. The summed E-state index contributed by atoms with van der Waals surface area (Å²) in [6, 6.07) is 0. The normalized spacial score (nSPS) is 14.1. The summed E-state index contributed by atoms with van der Waals surface area (Å²) in [6.45, 7) is 13.7. The van der Waals surface area contributed by atoms with E-state index in [-0.39, 0.29) is 5.41 Å². The molecule has 0 aliphatic rings. The third-order valence-corrected chi connectivity index (χ3v) is 3.44. The lowest BCUT2D eigenvalue weighted by Crippen LogP contribution is -2.33. The molecule has 0 amide bonds. The molecule has 1 unspecified atom stereocenters. The van der Waals surface area contributed by atoms with Crippen LogP contribution in [0.4, 0.5) is 0 Å². The topological polar surface area (TPSA) is 9.23 Å². The van der Waals surface area contributed by atoms with Gasteiger partial charge in [-0.1, -0.05) is 46.5 Å². The van der Waals surface area contributed by atoms with E-state index in [1.54, 1.807) is 0 Å². The van der Waals surface area contributed by atoms with Gasteiger partial charge in [0.25, 0.3) is 0 Å². The fourth-order valence-electron chi connectivity index (χ4n) is 2.55. The summed E-state index contributed by atoms with van der Waals surface area (Å²) in [7, 11) is 0.697. The molecule has 0 radical (unpaired) electrons. The molecule has 0 aliphatic carbocycles. The van der Waals surface area contributed by atoms with Crippen molar-refractivity contribution in [2.24, 2.45) is 16.7 Å². The Bertz CT molecular complexity index is 252. The van der Waals surface area contributed by atoms with Gasteiger partial charge in [0.1, 0.15) is 0 Å². The van der Waals surface area contributed by atoms with Crippen LogP contribution < -0.4 is 0 Å². The number of hydrogen-bond donors (Lipinski definition) is 0. The number of rotatable bonds is 4. The summed E-state index contributed by atoms with van der Waals surface area (Å²) in [6.07, 6.45) is 6.63. The van der Waals surface area contributed by atoms with Crippen LogP contribution in [0.25, 0.3) is 0 Å². The molecule has 0 heterocycles. The zero-order chi connectivity index (χ0) is 12.8. The van der Waals surface area contributed by atoms with Crippen molar-refractivity contribution >= 4 is 10.5 Å². The molecule has 0 bridgehead atoms. The van der Waals surface area contributed by atoms with Crippen molar-refractivity contribution in [3.05, 3.63) is 0 Å². The Kier molecular flexibility index (Phi) is 6.18. The zero-order valence-electron chi connectivity index (χ0n) is 12.1. The summed E-state index contributed by atoms with van der Waals surface area (Å²) in [4.78, 5) is 0. The first-order valence-electron chi connectivity index (χ1n) is 6.31. The van der Waals surface area contributed by atoms with Crippen LogP contribution in [-0.4, -0.2) is 10.5 Å². The van der Waals surface area contributed by atoms with E-state index in [0.717, 1.165) is 0 Å². The lowest BCUT2D eigenvalue weighted by atomic mass is 9.64. The Labute approximate surface area is 105 Å². The molecule has 2 heteroatoms. The Morgan fingerprint density at radius 2 is 1.75 bits per heavy atom. The van der Waals surface area contributed by atoms with Gasteiger partial charge in [-0.05, 0) is 31.6 Å². The van der Waals surface area contributed by atoms with E-state index in [1.807, 2.05) is 0 Å². The van der Waals surface area contributed by atoms with Gasteiger partial charge in [-0.15, -0.1) is 0 Å². The van der Waals surface area contributed by atoms with E-state index in [1.165, 1.54) is 19.3 Å². The maximum absolute atomic E-state index is 5.02. The highest BCUT2D eigenvalue weighted by Gasteiger charge is 2.36. The molecule has 16 heavy (non-hydrogen) atoms. The predicted molar refractivity (Wildman–Crippen MR) is 75.1 cm³/mol. The third-order valence-electron chi connectivity index (χ3n) is 3.24. The summed E-state index contributed by atoms with van der Waals surface area (Å²) in [5.41, 5.74) is 0.344. The molecule has 94 valence electrons. The lowest BCUT2D eigenvalue weighted by molar-refractivity contribution is 0.119. The van der Waals surface area contributed by atoms with Crippen LogP contribution in [0.3, 0.4) is 0 Å². The van der Waals surface area contributed by atoms with E-state index >= 15 is 0 Å². The Balaban J connectivity index is 4.87. The van der Waals surface area contributed by atoms with Gasteiger partial charge in [-0.2, -0.15) is 0 Å². The largest absolute Gasteiger partial charge is 0.512 e. The Hall–Kier alpha value is -0.423. The van der Waals surface area contributed by atoms with Gasteiger partial charge in [0.15, 0.2) is 0 Å². The van der Waals surface area contributed by atoms with Gasteiger partial charge in [0, 0.05) is 5.41 Å². The van der Waals surface area contributed by atoms with Crippen molar-refractivity contribution < 1.29 is 4.43 Å². The smallest absolute Gasteiger partial charge is 0.219 e. The van der Waals surface area contributed by atoms with Crippen molar-refractivity contribution in [3.63, 3.8) is 0 Å². The van der Waals surface area contributed by atoms with Gasteiger partial charge in [0.05, 0.1) is 6.11 Å². The van der Waals surface area contributed by atoms with Gasteiger partial charge in [-0.25, -0.2) is 0 Å². The van der Waals surface area contributed by atoms with Crippen LogP contribution in [0.5, 0.6) is 0 Å². The van der Waals surface area contributed by atoms with Crippen LogP contribution in [0.1, 0.15) is 60.8 Å². The minimum Gasteiger partial charge on any atom is -0.512 e. The molecule has 0 rings (SSSR count). The molecule has 0 saturated heterocycles. The minimum absolute atomic E-state index is 0.0395. The lowest BCUT2D eigenvalue weighted by Gasteiger charge is -2.40. The first kappa shape index (κ1) is 15.6. The summed E-state index contributed by atoms with van der Waals surface area (Å²) >= 11 is 0. The van der Waals surface area contributed by atoms with E-state index in [4.69, 9.17) is 4.43 Å². The van der Waals surface area contributed by atoms with Crippen LogP contribution >= 0.6 is 0 Å². The first-order valence-corrected chi connectivity index (χ1v) is 7.12. The molecular weight excluding hydrogens is 212 g/mol. The maximum atomic E-state index is 5.02. The quantitative estimate of drug-likeness (QED) is 0.542. The Morgan fingerprint density at radius 3 is 2.12 bits per heavy atom. The SMILES string of the molecule is CCCCC(C(C)(C)C)C(C)(C)C#CO[SiH3]. The molecule has 0 fully saturated rings. The molecule has 1 nitrogen and oxygen atoms in total. The molecular formula is C14H28OSi. The van der Waals surface area contributed by atoms with Gasteiger partial charge < -0.3 is 4.43 Å². The summed E-state index contributed by atoms with van der Waals surface area (Å²) in [5, 5.41) is 0. The zero-order valence-corrected chi connectivity index (χ0v) is 14.1. The molecule has 1 atom stereocenters. The fraction of sp³-hybridized carbons (Fsp3) is 0.857. The monoisotopic (exact) mass is 240 g/mol. The van der Waals surface area contributed by atoms with Gasteiger partial charge >= 0.3 is 0 Å². The van der Waals surface area contributed by atoms with Crippen LogP contribution in [-0.2, 0) is 4.43 Å². The van der Waals surface area contributed by atoms with E-state index in [0.29, 0.717) is 21.8 Å². The van der Waals surface area contributed by atoms with Crippen molar-refractivity contribution in [1.29, 1.82) is 0 Å². The first-order chi connectivity index (χ1) is 7.25. The van der Waals surface area contributed by atoms with Crippen molar-refractivity contribution in [1.82, 2.24) is 0 Å². The third kappa shape index (κ3) is 5.07. The summed E-state index contributed by atoms with van der Waals surface area (Å²) in [5.74, 6) is 3.90. The molecule has 0 aromatic rings. The highest BCUT2D eigenvalue weighted by Crippen LogP contribution is 2.42. The highest BCUT2D eigenvalue weighted by atomic mass is 28.2. The van der Waals surface area contributed by atoms with Crippen molar-refractivity contribution in [2.75, 3.05) is 0 Å². The second-order valence-corrected chi connectivity index (χ2v) is 6.62. The predicted octanol–water partition coefficient (Wildman–Crippen LogP) is 3.12. The van der Waals surface area contributed by atoms with Crippen LogP contribution in [0.2, 0.25) is 0 Å². The number of unbranched alkanes of at least 4 members (excludes halogenated alkanes) is 1.